The molecule has 0 saturated heterocycles. The first-order valence-corrected chi connectivity index (χ1v) is 6.34. The Morgan fingerprint density at radius 3 is 2.83 bits per heavy atom. The van der Waals surface area contributed by atoms with Gasteiger partial charge in [-0.1, -0.05) is 6.07 Å². The molecular formula is C13H11F2N2O6+. The molecule has 2 aliphatic heterocycles. The summed E-state index contributed by atoms with van der Waals surface area (Å²) in [6, 6.07) is 3.79. The van der Waals surface area contributed by atoms with E-state index in [1.807, 2.05) is 0 Å². The van der Waals surface area contributed by atoms with Gasteiger partial charge in [-0.05, 0) is 12.1 Å². The molecule has 1 aromatic carbocycles. The Bertz CT molecular complexity index is 735. The van der Waals surface area contributed by atoms with Crippen LogP contribution in [0.2, 0.25) is 0 Å². The van der Waals surface area contributed by atoms with Gasteiger partial charge in [0, 0.05) is 0 Å². The maximum absolute atomic E-state index is 14.5. The lowest BCUT2D eigenvalue weighted by Gasteiger charge is -2.33. The van der Waals surface area contributed by atoms with Crippen molar-refractivity contribution in [2.75, 3.05) is 13.9 Å². The molecule has 23 heavy (non-hydrogen) atoms. The number of carbonyl (C=O) groups is 2. The summed E-state index contributed by atoms with van der Waals surface area (Å²) >= 11 is 0. The second kappa shape index (κ2) is 4.81. The van der Waals surface area contributed by atoms with Crippen molar-refractivity contribution in [2.45, 2.75) is 5.54 Å². The molecule has 0 fully saturated rings. The van der Waals surface area contributed by atoms with Gasteiger partial charge in [0.2, 0.25) is 6.79 Å². The zero-order chi connectivity index (χ0) is 16.8. The van der Waals surface area contributed by atoms with E-state index < -0.39 is 33.7 Å². The third kappa shape index (κ3) is 1.78. The predicted octanol–water partition coefficient (Wildman–Crippen LogP) is 0.856. The summed E-state index contributed by atoms with van der Waals surface area (Å²) in [5.74, 6) is -4.18. The van der Waals surface area contributed by atoms with Crippen LogP contribution in [0.3, 0.4) is 0 Å². The van der Waals surface area contributed by atoms with Crippen LogP contribution in [0.25, 0.3) is 0 Å². The quantitative estimate of drug-likeness (QED) is 0.627. The molecule has 10 heteroatoms. The molecule has 0 radical (unpaired) electrons. The molecule has 8 nitrogen and oxygen atoms in total. The Morgan fingerprint density at radius 2 is 2.17 bits per heavy atom. The maximum Gasteiger partial charge on any atom is 0.390 e. The molecule has 2 aliphatic rings. The molecule has 2 N–H and O–H groups in total. The number of quaternary nitrogens is 1. The number of carboxylic acid groups (broad SMARTS) is 1. The number of ether oxygens (including phenoxy) is 3. The molecular weight excluding hydrogens is 318 g/mol. The van der Waals surface area contributed by atoms with Gasteiger partial charge in [0.05, 0.1) is 21.6 Å². The minimum atomic E-state index is -3.34. The summed E-state index contributed by atoms with van der Waals surface area (Å²) in [5.41, 5.74) is -2.27. The van der Waals surface area contributed by atoms with Gasteiger partial charge in [0.15, 0.2) is 22.3 Å². The number of fused-ring (bicyclic) bond motifs is 1. The van der Waals surface area contributed by atoms with Crippen LogP contribution in [0.4, 0.5) is 8.96 Å². The van der Waals surface area contributed by atoms with Crippen molar-refractivity contribution in [3.05, 3.63) is 35.7 Å². The summed E-state index contributed by atoms with van der Waals surface area (Å²) in [4.78, 5) is 24.4. The van der Waals surface area contributed by atoms with Crippen molar-refractivity contribution >= 4 is 11.8 Å². The highest BCUT2D eigenvalue weighted by molar-refractivity contribution is 6.14. The van der Waals surface area contributed by atoms with Crippen LogP contribution < -0.4 is 14.9 Å². The van der Waals surface area contributed by atoms with Crippen molar-refractivity contribution in [3.63, 3.8) is 0 Å². The molecule has 1 aromatic rings. The van der Waals surface area contributed by atoms with E-state index in [0.29, 0.717) is 6.20 Å². The number of carbonyl (C=O) groups excluding carboxylic acids is 1. The van der Waals surface area contributed by atoms with Gasteiger partial charge in [0.25, 0.3) is 5.78 Å². The second-order valence-corrected chi connectivity index (χ2v) is 4.74. The highest BCUT2D eigenvalue weighted by atomic mass is 19.4. The van der Waals surface area contributed by atoms with Crippen LogP contribution >= 0.6 is 0 Å². The van der Waals surface area contributed by atoms with Crippen LogP contribution in [0.1, 0.15) is 5.56 Å². The zero-order valence-corrected chi connectivity index (χ0v) is 11.7. The van der Waals surface area contributed by atoms with Crippen molar-refractivity contribution in [3.8, 4) is 11.5 Å². The Labute approximate surface area is 127 Å². The number of ketones is 1. The number of rotatable bonds is 3. The van der Waals surface area contributed by atoms with E-state index in [9.17, 15) is 23.7 Å². The normalized spacial score (nSPS) is 24.7. The molecule has 2 heterocycles. The lowest BCUT2D eigenvalue weighted by Crippen LogP contribution is -2.68. The van der Waals surface area contributed by atoms with Crippen LogP contribution in [0.5, 0.6) is 11.5 Å². The number of hydrogen-bond acceptors (Lipinski definition) is 6. The highest BCUT2D eigenvalue weighted by Crippen LogP contribution is 2.48. The SMILES string of the molecule is COC1=CN[N+](F)(F)C(C(=O)O)(c2cccc3c2OCO3)C1=O. The number of hydrogen-bond donors (Lipinski definition) is 2. The zero-order valence-electron chi connectivity index (χ0n) is 11.7. The molecule has 0 spiro atoms. The van der Waals surface area contributed by atoms with E-state index >= 15 is 0 Å². The summed E-state index contributed by atoms with van der Waals surface area (Å²) in [5, 5.41) is 6.22. The van der Waals surface area contributed by atoms with Gasteiger partial charge >= 0.3 is 11.5 Å². The smallest absolute Gasteiger partial charge is 0.390 e. The number of Topliss-reactive ketones (excluding diaryl/α,β-unsaturated/α-hetero) is 1. The minimum Gasteiger partial charge on any atom is -0.491 e. The predicted molar refractivity (Wildman–Crippen MR) is 67.6 cm³/mol. The van der Waals surface area contributed by atoms with E-state index in [2.05, 4.69) is 0 Å². The molecule has 0 aromatic heterocycles. The highest BCUT2D eigenvalue weighted by Gasteiger charge is 2.75. The van der Waals surface area contributed by atoms with Gasteiger partial charge in [0.1, 0.15) is 6.20 Å². The number of carboxylic acids is 1. The van der Waals surface area contributed by atoms with Crippen LogP contribution in [0.15, 0.2) is 30.2 Å². The Kier molecular flexibility index (Phi) is 3.14. The average molecular weight is 329 g/mol. The fourth-order valence-electron chi connectivity index (χ4n) is 2.58. The largest absolute Gasteiger partial charge is 0.491 e. The molecule has 0 saturated carbocycles. The van der Waals surface area contributed by atoms with Crippen molar-refractivity contribution in [1.82, 2.24) is 5.43 Å². The topological polar surface area (TPSA) is 94.1 Å². The van der Waals surface area contributed by atoms with Crippen molar-refractivity contribution < 1.29 is 42.9 Å². The third-order valence-electron chi connectivity index (χ3n) is 3.65. The number of methoxy groups -OCH3 is 1. The Balaban J connectivity index is 2.33. The van der Waals surface area contributed by atoms with Crippen molar-refractivity contribution in [2.24, 2.45) is 0 Å². The van der Waals surface area contributed by atoms with Gasteiger partial charge in [-0.15, -0.1) is 0 Å². The fraction of sp³-hybridized carbons (Fsp3) is 0.231. The fourth-order valence-corrected chi connectivity index (χ4v) is 2.58. The standard InChI is InChI=1S/C13H10F2N2O6/c1-21-9-5-16-17(14,15)13(11(9)18,12(19)20)7-3-2-4-8-10(7)23-6-22-8/h2-5H,6H2,1H3,(H-,16,18,19,20)/p+1. The lowest BCUT2D eigenvalue weighted by atomic mass is 9.83. The number of benzene rings is 1. The van der Waals surface area contributed by atoms with E-state index in [1.54, 1.807) is 5.43 Å². The summed E-state index contributed by atoms with van der Waals surface area (Å²) in [7, 11) is 1.07. The first-order valence-electron chi connectivity index (χ1n) is 6.34. The number of halogens is 2. The van der Waals surface area contributed by atoms with Crippen LogP contribution in [-0.2, 0) is 19.9 Å². The molecule has 122 valence electrons. The van der Waals surface area contributed by atoms with Gasteiger partial charge < -0.3 is 19.3 Å². The average Bonchev–Trinajstić information content (AvgIpc) is 2.96. The minimum absolute atomic E-state index is 0.0736. The molecule has 0 amide bonds. The Hall–Kier alpha value is -2.88. The number of para-hydroxylation sites is 1. The molecule has 0 aliphatic carbocycles. The number of aliphatic carboxylic acids is 1. The summed E-state index contributed by atoms with van der Waals surface area (Å²) < 4.78 is 43.9. The third-order valence-corrected chi connectivity index (χ3v) is 3.65. The number of nitrogens with one attached hydrogen (secondary N) is 1. The van der Waals surface area contributed by atoms with E-state index in [1.165, 1.54) is 12.1 Å². The molecule has 0 bridgehead atoms. The van der Waals surface area contributed by atoms with Crippen molar-refractivity contribution in [1.29, 1.82) is 0 Å². The van der Waals surface area contributed by atoms with E-state index in [4.69, 9.17) is 14.2 Å². The van der Waals surface area contributed by atoms with Crippen LogP contribution in [0, 0.1) is 0 Å². The summed E-state index contributed by atoms with van der Waals surface area (Å²) in [6.45, 7) is -0.269. The summed E-state index contributed by atoms with van der Waals surface area (Å²) in [6.07, 6.45) is 0.615. The molecule has 1 unspecified atom stereocenters. The monoisotopic (exact) mass is 329 g/mol. The van der Waals surface area contributed by atoms with Crippen LogP contribution in [-0.4, -0.2) is 35.8 Å². The molecule has 3 rings (SSSR count). The Morgan fingerprint density at radius 1 is 1.43 bits per heavy atom. The lowest BCUT2D eigenvalue weighted by molar-refractivity contribution is -1.22. The van der Waals surface area contributed by atoms with E-state index in [0.717, 1.165) is 13.2 Å². The second-order valence-electron chi connectivity index (χ2n) is 4.74. The van der Waals surface area contributed by atoms with Gasteiger partial charge in [-0.3, -0.25) is 4.79 Å². The first-order chi connectivity index (χ1) is 10.9. The van der Waals surface area contributed by atoms with E-state index in [-0.39, 0.29) is 18.3 Å². The number of nitrogens with zero attached hydrogens (tertiary/aromatic N) is 1. The first kappa shape index (κ1) is 15.0. The van der Waals surface area contributed by atoms with Gasteiger partial charge in [-0.25, -0.2) is 4.79 Å². The maximum atomic E-state index is 14.5. The van der Waals surface area contributed by atoms with Gasteiger partial charge in [-0.2, -0.15) is 5.43 Å². The molecule has 1 atom stereocenters.